The molecule has 1 aromatic carbocycles. The lowest BCUT2D eigenvalue weighted by molar-refractivity contribution is 0.0648. The van der Waals surface area contributed by atoms with Gasteiger partial charge in [0.05, 0.1) is 19.8 Å². The van der Waals surface area contributed by atoms with Crippen LogP contribution in [0.2, 0.25) is 0 Å². The molecule has 0 aliphatic carbocycles. The van der Waals surface area contributed by atoms with Crippen molar-refractivity contribution < 1.29 is 14.3 Å². The molecule has 4 nitrogen and oxygen atoms in total. The number of methoxy groups -OCH3 is 2. The fraction of sp³-hybridized carbons (Fsp3) is 0.417. The van der Waals surface area contributed by atoms with E-state index in [0.717, 1.165) is 19.5 Å². The van der Waals surface area contributed by atoms with Gasteiger partial charge in [0, 0.05) is 19.2 Å². The van der Waals surface area contributed by atoms with Crippen molar-refractivity contribution in [2.45, 2.75) is 6.42 Å². The molecule has 1 heterocycles. The lowest BCUT2D eigenvalue weighted by Gasteiger charge is -2.31. The Hall–Kier alpha value is -1.71. The molecule has 1 fully saturated rings. The Bertz CT molecular complexity index is 399. The number of carbonyl (C=O) groups excluding carboxylic acids is 1. The number of hydrogen-bond acceptors (Lipinski definition) is 3. The Morgan fingerprint density at radius 1 is 1.25 bits per heavy atom. The zero-order valence-corrected chi connectivity index (χ0v) is 9.53. The third-order valence-corrected chi connectivity index (χ3v) is 2.78. The lowest BCUT2D eigenvalue weighted by atomic mass is 10.1. The fourth-order valence-corrected chi connectivity index (χ4v) is 1.66. The molecular weight excluding hydrogens is 206 g/mol. The van der Waals surface area contributed by atoms with E-state index >= 15 is 0 Å². The van der Waals surface area contributed by atoms with Crippen LogP contribution in [0.15, 0.2) is 18.2 Å². The highest BCUT2D eigenvalue weighted by molar-refractivity contribution is 5.97. The van der Waals surface area contributed by atoms with E-state index in [2.05, 4.69) is 0 Å². The smallest absolute Gasteiger partial charge is 0.257 e. The molecule has 0 radical (unpaired) electrons. The lowest BCUT2D eigenvalue weighted by Crippen LogP contribution is -2.42. The van der Waals surface area contributed by atoms with Crippen molar-refractivity contribution in [3.05, 3.63) is 23.8 Å². The second kappa shape index (κ2) is 4.43. The molecule has 1 amide bonds. The zero-order chi connectivity index (χ0) is 11.5. The van der Waals surface area contributed by atoms with Crippen LogP contribution in [-0.4, -0.2) is 38.1 Å². The number of ether oxygens (including phenoxy) is 2. The minimum absolute atomic E-state index is 0.0331. The highest BCUT2D eigenvalue weighted by Crippen LogP contribution is 2.26. The third kappa shape index (κ3) is 1.83. The molecule has 1 aromatic rings. The first-order valence-electron chi connectivity index (χ1n) is 5.27. The van der Waals surface area contributed by atoms with Crippen molar-refractivity contribution in [2.24, 2.45) is 0 Å². The van der Waals surface area contributed by atoms with Crippen LogP contribution in [0.1, 0.15) is 16.8 Å². The molecule has 1 saturated heterocycles. The summed E-state index contributed by atoms with van der Waals surface area (Å²) in [5.41, 5.74) is 0.600. The fourth-order valence-electron chi connectivity index (χ4n) is 1.66. The van der Waals surface area contributed by atoms with E-state index in [1.807, 2.05) is 4.90 Å². The van der Waals surface area contributed by atoms with Gasteiger partial charge < -0.3 is 14.4 Å². The van der Waals surface area contributed by atoms with Crippen LogP contribution in [-0.2, 0) is 0 Å². The minimum atomic E-state index is 0.0331. The monoisotopic (exact) mass is 221 g/mol. The maximum Gasteiger partial charge on any atom is 0.257 e. The number of rotatable bonds is 3. The maximum atomic E-state index is 12.0. The van der Waals surface area contributed by atoms with Gasteiger partial charge in [-0.15, -0.1) is 0 Å². The van der Waals surface area contributed by atoms with Gasteiger partial charge in [-0.25, -0.2) is 0 Å². The summed E-state index contributed by atoms with van der Waals surface area (Å²) in [7, 11) is 3.15. The molecule has 0 spiro atoms. The summed E-state index contributed by atoms with van der Waals surface area (Å²) in [6.07, 6.45) is 1.09. The first kappa shape index (κ1) is 10.8. The number of hydrogen-bond donors (Lipinski definition) is 0. The summed E-state index contributed by atoms with van der Waals surface area (Å²) in [6, 6.07) is 5.25. The van der Waals surface area contributed by atoms with Crippen LogP contribution in [0.3, 0.4) is 0 Å². The molecule has 0 unspecified atom stereocenters. The van der Waals surface area contributed by atoms with E-state index < -0.39 is 0 Å². The second-order valence-electron chi connectivity index (χ2n) is 3.71. The van der Waals surface area contributed by atoms with Gasteiger partial charge in [0.15, 0.2) is 0 Å². The van der Waals surface area contributed by atoms with Crippen molar-refractivity contribution in [3.8, 4) is 11.5 Å². The molecular formula is C12H15NO3. The van der Waals surface area contributed by atoms with Gasteiger partial charge in [0.1, 0.15) is 11.5 Å². The topological polar surface area (TPSA) is 38.8 Å². The standard InChI is InChI=1S/C12H15NO3/c1-15-9-4-5-10(11(8-9)16-2)12(14)13-6-3-7-13/h4-5,8H,3,6-7H2,1-2H3. The van der Waals surface area contributed by atoms with Crippen LogP contribution in [0, 0.1) is 0 Å². The SMILES string of the molecule is COc1ccc(C(=O)N2CCC2)c(OC)c1. The normalized spacial score (nSPS) is 14.2. The molecule has 2 rings (SSSR count). The summed E-state index contributed by atoms with van der Waals surface area (Å²) in [4.78, 5) is 13.8. The van der Waals surface area contributed by atoms with Crippen molar-refractivity contribution in [1.82, 2.24) is 4.90 Å². The molecule has 86 valence electrons. The van der Waals surface area contributed by atoms with Crippen molar-refractivity contribution >= 4 is 5.91 Å². The number of carbonyl (C=O) groups is 1. The van der Waals surface area contributed by atoms with Gasteiger partial charge in [-0.1, -0.05) is 0 Å². The van der Waals surface area contributed by atoms with E-state index in [1.165, 1.54) is 0 Å². The van der Waals surface area contributed by atoms with E-state index in [-0.39, 0.29) is 5.91 Å². The molecule has 0 N–H and O–H groups in total. The average molecular weight is 221 g/mol. The summed E-state index contributed by atoms with van der Waals surface area (Å²) in [5.74, 6) is 1.29. The molecule has 4 heteroatoms. The van der Waals surface area contributed by atoms with Crippen LogP contribution in [0.5, 0.6) is 11.5 Å². The first-order valence-corrected chi connectivity index (χ1v) is 5.27. The van der Waals surface area contributed by atoms with Crippen LogP contribution < -0.4 is 9.47 Å². The van der Waals surface area contributed by atoms with Gasteiger partial charge in [0.2, 0.25) is 0 Å². The summed E-state index contributed by atoms with van der Waals surface area (Å²) in [5, 5.41) is 0. The van der Waals surface area contributed by atoms with Gasteiger partial charge in [-0.05, 0) is 18.6 Å². The quantitative estimate of drug-likeness (QED) is 0.777. The zero-order valence-electron chi connectivity index (χ0n) is 9.53. The molecule has 16 heavy (non-hydrogen) atoms. The number of likely N-dealkylation sites (tertiary alicyclic amines) is 1. The molecule has 1 aliphatic rings. The van der Waals surface area contributed by atoms with Crippen molar-refractivity contribution in [3.63, 3.8) is 0 Å². The predicted octanol–water partition coefficient (Wildman–Crippen LogP) is 1.55. The number of amides is 1. The van der Waals surface area contributed by atoms with Crippen LogP contribution in [0.25, 0.3) is 0 Å². The molecule has 0 atom stereocenters. The van der Waals surface area contributed by atoms with Crippen molar-refractivity contribution in [1.29, 1.82) is 0 Å². The Morgan fingerprint density at radius 3 is 2.50 bits per heavy atom. The minimum Gasteiger partial charge on any atom is -0.497 e. The molecule has 1 aliphatic heterocycles. The van der Waals surface area contributed by atoms with E-state index in [9.17, 15) is 4.79 Å². The largest absolute Gasteiger partial charge is 0.497 e. The first-order chi connectivity index (χ1) is 7.76. The Labute approximate surface area is 94.8 Å². The second-order valence-corrected chi connectivity index (χ2v) is 3.71. The van der Waals surface area contributed by atoms with Gasteiger partial charge in [0.25, 0.3) is 5.91 Å². The average Bonchev–Trinajstić information content (AvgIpc) is 2.25. The maximum absolute atomic E-state index is 12.0. The molecule has 0 aromatic heterocycles. The van der Waals surface area contributed by atoms with E-state index in [0.29, 0.717) is 17.1 Å². The third-order valence-electron chi connectivity index (χ3n) is 2.78. The Balaban J connectivity index is 2.28. The Morgan fingerprint density at radius 2 is 2.00 bits per heavy atom. The summed E-state index contributed by atoms with van der Waals surface area (Å²) in [6.45, 7) is 1.68. The van der Waals surface area contributed by atoms with Gasteiger partial charge in [-0.2, -0.15) is 0 Å². The van der Waals surface area contributed by atoms with Crippen molar-refractivity contribution in [2.75, 3.05) is 27.3 Å². The molecule has 0 saturated carbocycles. The highest BCUT2D eigenvalue weighted by Gasteiger charge is 2.24. The van der Waals surface area contributed by atoms with Gasteiger partial charge in [-0.3, -0.25) is 4.79 Å². The highest BCUT2D eigenvalue weighted by atomic mass is 16.5. The van der Waals surface area contributed by atoms with E-state index in [4.69, 9.17) is 9.47 Å². The van der Waals surface area contributed by atoms with Crippen LogP contribution in [0.4, 0.5) is 0 Å². The predicted molar refractivity (Wildman–Crippen MR) is 60.1 cm³/mol. The number of benzene rings is 1. The Kier molecular flexibility index (Phi) is 2.99. The summed E-state index contributed by atoms with van der Waals surface area (Å²) < 4.78 is 10.3. The van der Waals surface area contributed by atoms with Crippen LogP contribution >= 0.6 is 0 Å². The van der Waals surface area contributed by atoms with Gasteiger partial charge >= 0.3 is 0 Å². The summed E-state index contributed by atoms with van der Waals surface area (Å²) >= 11 is 0. The van der Waals surface area contributed by atoms with E-state index in [1.54, 1.807) is 32.4 Å². The number of nitrogens with zero attached hydrogens (tertiary/aromatic N) is 1. The molecule has 0 bridgehead atoms.